The van der Waals surface area contributed by atoms with Crippen LogP contribution in [0.5, 0.6) is 11.5 Å². The van der Waals surface area contributed by atoms with Gasteiger partial charge in [0.05, 0.1) is 23.9 Å². The highest BCUT2D eigenvalue weighted by Gasteiger charge is 2.36. The molecule has 188 valence electrons. The molecule has 4 nitrogen and oxygen atoms in total. The molecule has 0 atom stereocenters. The third-order valence-corrected chi connectivity index (χ3v) is 12.3. The van der Waals surface area contributed by atoms with Crippen molar-refractivity contribution < 1.29 is 13.9 Å². The summed E-state index contributed by atoms with van der Waals surface area (Å²) in [6.07, 6.45) is 4.24. The van der Waals surface area contributed by atoms with E-state index in [9.17, 15) is 0 Å². The largest absolute Gasteiger partial charge is 0.497 e. The topological polar surface area (TPSA) is 40.6 Å². The second-order valence-electron chi connectivity index (χ2n) is 10.3. The molecule has 0 aliphatic heterocycles. The van der Waals surface area contributed by atoms with Crippen molar-refractivity contribution in [1.82, 2.24) is 4.98 Å². The Kier molecular flexibility index (Phi) is 7.98. The average molecular weight is 518 g/mol. The van der Waals surface area contributed by atoms with Crippen LogP contribution < -0.4 is 9.47 Å². The van der Waals surface area contributed by atoms with Gasteiger partial charge in [-0.1, -0.05) is 69.3 Å². The number of benzene rings is 3. The van der Waals surface area contributed by atoms with E-state index in [-0.39, 0.29) is 5.04 Å². The van der Waals surface area contributed by atoms with Gasteiger partial charge in [0.2, 0.25) is 0 Å². The summed E-state index contributed by atoms with van der Waals surface area (Å²) in [4.78, 5) is 4.77. The minimum atomic E-state index is -1.73. The van der Waals surface area contributed by atoms with Crippen LogP contribution >= 0.6 is 11.3 Å². The Morgan fingerprint density at radius 2 is 1.44 bits per heavy atom. The van der Waals surface area contributed by atoms with Crippen LogP contribution in [-0.4, -0.2) is 33.6 Å². The van der Waals surface area contributed by atoms with Crippen LogP contribution in [0.4, 0.5) is 0 Å². The van der Waals surface area contributed by atoms with Crippen molar-refractivity contribution in [3.05, 3.63) is 77.9 Å². The Bertz CT molecular complexity index is 1320. The summed E-state index contributed by atoms with van der Waals surface area (Å²) < 4.78 is 18.5. The lowest BCUT2D eigenvalue weighted by molar-refractivity contribution is 0.203. The zero-order valence-corrected chi connectivity index (χ0v) is 23.8. The normalized spacial score (nSPS) is 12.4. The van der Waals surface area contributed by atoms with E-state index in [0.717, 1.165) is 43.4 Å². The van der Waals surface area contributed by atoms with Gasteiger partial charge in [-0.2, -0.15) is 0 Å². The Morgan fingerprint density at radius 3 is 2.06 bits per heavy atom. The van der Waals surface area contributed by atoms with E-state index in [1.165, 1.54) is 0 Å². The molecule has 1 heterocycles. The second-order valence-corrected chi connectivity index (χ2v) is 16.2. The third kappa shape index (κ3) is 6.43. The van der Waals surface area contributed by atoms with Crippen molar-refractivity contribution in [2.24, 2.45) is 0 Å². The summed E-state index contributed by atoms with van der Waals surface area (Å²) in [5.74, 6) is 1.72. The molecule has 0 saturated heterocycles. The molecule has 0 N–H and O–H groups in total. The van der Waals surface area contributed by atoms with E-state index >= 15 is 0 Å². The molecule has 0 amide bonds. The fourth-order valence-corrected chi connectivity index (χ4v) is 5.46. The van der Waals surface area contributed by atoms with Gasteiger partial charge in [0.25, 0.3) is 0 Å². The van der Waals surface area contributed by atoms with E-state index in [0.29, 0.717) is 13.2 Å². The van der Waals surface area contributed by atoms with Crippen LogP contribution in [0.15, 0.2) is 66.7 Å². The maximum atomic E-state index is 6.18. The molecule has 4 rings (SSSR count). The standard InChI is InChI=1S/C30H35NO3SSi/c1-30(2,3)36(5,6)34-20-19-33-25-15-11-23(12-16-25)8-7-22-9-13-24(14-10-22)29-31-27-18-17-26(32-4)21-28(27)35-29/h7-18,21H,19-20H2,1-6H3. The Morgan fingerprint density at radius 1 is 0.833 bits per heavy atom. The second kappa shape index (κ2) is 11.0. The minimum absolute atomic E-state index is 0.214. The number of methoxy groups -OCH3 is 1. The Balaban J connectivity index is 1.31. The van der Waals surface area contributed by atoms with Crippen LogP contribution in [0.25, 0.3) is 32.9 Å². The van der Waals surface area contributed by atoms with Crippen LogP contribution in [0.2, 0.25) is 18.1 Å². The fraction of sp³-hybridized carbons (Fsp3) is 0.300. The molecule has 0 saturated carbocycles. The number of rotatable bonds is 9. The molecule has 6 heteroatoms. The number of nitrogens with zero attached hydrogens (tertiary/aromatic N) is 1. The van der Waals surface area contributed by atoms with Crippen molar-refractivity contribution in [3.63, 3.8) is 0 Å². The van der Waals surface area contributed by atoms with Gasteiger partial charge >= 0.3 is 0 Å². The molecule has 0 radical (unpaired) electrons. The predicted molar refractivity (Wildman–Crippen MR) is 156 cm³/mol. The SMILES string of the molecule is COc1ccc2nc(-c3ccc(C=Cc4ccc(OCCO[Si](C)(C)C(C)(C)C)cc4)cc3)sc2c1. The molecule has 0 unspecified atom stereocenters. The first-order valence-electron chi connectivity index (χ1n) is 12.2. The molecule has 4 aromatic rings. The van der Waals surface area contributed by atoms with E-state index in [4.69, 9.17) is 18.9 Å². The summed E-state index contributed by atoms with van der Waals surface area (Å²) in [6.45, 7) is 12.5. The fourth-order valence-electron chi connectivity index (χ4n) is 3.43. The molecule has 3 aromatic carbocycles. The maximum absolute atomic E-state index is 6.18. The first-order chi connectivity index (χ1) is 17.1. The first-order valence-corrected chi connectivity index (χ1v) is 16.0. The number of ether oxygens (including phenoxy) is 2. The number of aromatic nitrogens is 1. The van der Waals surface area contributed by atoms with Gasteiger partial charge in [0, 0.05) is 5.56 Å². The number of hydrogen-bond acceptors (Lipinski definition) is 5. The highest BCUT2D eigenvalue weighted by Crippen LogP contribution is 2.36. The van der Waals surface area contributed by atoms with Crippen LogP contribution in [0, 0.1) is 0 Å². The number of thiazole rings is 1. The quantitative estimate of drug-likeness (QED) is 0.127. The van der Waals surface area contributed by atoms with E-state index in [2.05, 4.69) is 82.4 Å². The third-order valence-electron chi connectivity index (χ3n) is 6.72. The highest BCUT2D eigenvalue weighted by molar-refractivity contribution is 7.21. The van der Waals surface area contributed by atoms with Crippen molar-refractivity contribution in [1.29, 1.82) is 0 Å². The van der Waals surface area contributed by atoms with Crippen molar-refractivity contribution in [2.45, 2.75) is 38.9 Å². The van der Waals surface area contributed by atoms with E-state index < -0.39 is 8.32 Å². The summed E-state index contributed by atoms with van der Waals surface area (Å²) in [7, 11) is -0.0412. The highest BCUT2D eigenvalue weighted by atomic mass is 32.1. The van der Waals surface area contributed by atoms with Crippen LogP contribution in [0.3, 0.4) is 0 Å². The zero-order valence-electron chi connectivity index (χ0n) is 22.0. The van der Waals surface area contributed by atoms with Gasteiger partial charge in [-0.15, -0.1) is 11.3 Å². The molecule has 0 aliphatic rings. The van der Waals surface area contributed by atoms with Crippen molar-refractivity contribution in [2.75, 3.05) is 20.3 Å². The van der Waals surface area contributed by atoms with Gasteiger partial charge in [0.1, 0.15) is 23.1 Å². The van der Waals surface area contributed by atoms with E-state index in [1.54, 1.807) is 18.4 Å². The van der Waals surface area contributed by atoms with Crippen LogP contribution in [-0.2, 0) is 4.43 Å². The smallest absolute Gasteiger partial charge is 0.192 e. The van der Waals surface area contributed by atoms with Gasteiger partial charge in [0.15, 0.2) is 8.32 Å². The lowest BCUT2D eigenvalue weighted by Crippen LogP contribution is -2.41. The molecule has 0 fully saturated rings. The molecular formula is C30H35NO3SSi. The van der Waals surface area contributed by atoms with Gasteiger partial charge in [-0.05, 0) is 59.6 Å². The van der Waals surface area contributed by atoms with Gasteiger partial charge < -0.3 is 13.9 Å². The Labute approximate surface area is 219 Å². The summed E-state index contributed by atoms with van der Waals surface area (Å²) in [5.41, 5.74) is 4.38. The molecular weight excluding hydrogens is 482 g/mol. The average Bonchev–Trinajstić information content (AvgIpc) is 3.29. The monoisotopic (exact) mass is 517 g/mol. The summed E-state index contributed by atoms with van der Waals surface area (Å²) >= 11 is 1.68. The van der Waals surface area contributed by atoms with E-state index in [1.807, 2.05) is 30.3 Å². The van der Waals surface area contributed by atoms with Crippen molar-refractivity contribution >= 4 is 42.0 Å². The van der Waals surface area contributed by atoms with Crippen molar-refractivity contribution in [3.8, 4) is 22.1 Å². The molecule has 0 spiro atoms. The zero-order chi connectivity index (χ0) is 25.8. The lowest BCUT2D eigenvalue weighted by atomic mass is 10.1. The summed E-state index contributed by atoms with van der Waals surface area (Å²) in [6, 6.07) is 22.6. The molecule has 1 aromatic heterocycles. The van der Waals surface area contributed by atoms with Gasteiger partial charge in [-0.25, -0.2) is 4.98 Å². The first kappa shape index (κ1) is 26.1. The number of fused-ring (bicyclic) bond motifs is 1. The lowest BCUT2D eigenvalue weighted by Gasteiger charge is -2.36. The number of hydrogen-bond donors (Lipinski definition) is 0. The molecule has 0 aliphatic carbocycles. The maximum Gasteiger partial charge on any atom is 0.192 e. The predicted octanol–water partition coefficient (Wildman–Crippen LogP) is 8.54. The molecule has 0 bridgehead atoms. The summed E-state index contributed by atoms with van der Waals surface area (Å²) in [5, 5.41) is 1.23. The minimum Gasteiger partial charge on any atom is -0.497 e. The Hall–Kier alpha value is -2.93. The van der Waals surface area contributed by atoms with Crippen LogP contribution in [0.1, 0.15) is 31.9 Å². The van der Waals surface area contributed by atoms with Gasteiger partial charge in [-0.3, -0.25) is 0 Å². The molecule has 36 heavy (non-hydrogen) atoms.